The lowest BCUT2D eigenvalue weighted by Gasteiger charge is -2.41. The minimum Gasteiger partial charge on any atom is -0.317 e. The number of rotatable bonds is 4. The fourth-order valence-electron chi connectivity index (χ4n) is 1.66. The van der Waals surface area contributed by atoms with Crippen molar-refractivity contribution in [3.8, 4) is 0 Å². The molecule has 19 heavy (non-hydrogen) atoms. The Balaban J connectivity index is 2.07. The number of carbonyl (C=O) groups is 1. The highest BCUT2D eigenvalue weighted by Gasteiger charge is 2.51. The minimum atomic E-state index is -4.56. The second kappa shape index (κ2) is 5.29. The Kier molecular flexibility index (Phi) is 4.07. The summed E-state index contributed by atoms with van der Waals surface area (Å²) >= 11 is 7.10. The van der Waals surface area contributed by atoms with Crippen LogP contribution in [0.4, 0.5) is 0 Å². The van der Waals surface area contributed by atoms with Crippen LogP contribution >= 0.6 is 23.4 Å². The SMILES string of the molecule is N[C@@H]1C(=O)N(S(=O)(=O)O)[C@@H]1SCc1ccccc1Cl. The molecule has 1 aliphatic rings. The molecule has 1 heterocycles. The second-order valence-corrected chi connectivity index (χ2v) is 6.73. The standard InChI is InChI=1S/C10H11ClN2O4S2/c11-7-4-2-1-3-6(7)5-18-10-8(12)9(14)13(10)19(15,16)17/h1-4,8,10H,5,12H2,(H,15,16,17)/t8-,10-/m1/s1. The summed E-state index contributed by atoms with van der Waals surface area (Å²) in [5.74, 6) is -0.420. The third kappa shape index (κ3) is 2.87. The van der Waals surface area contributed by atoms with E-state index in [2.05, 4.69) is 0 Å². The molecule has 0 spiro atoms. The van der Waals surface area contributed by atoms with Crippen LogP contribution in [-0.2, 0) is 20.9 Å². The van der Waals surface area contributed by atoms with Gasteiger partial charge >= 0.3 is 10.3 Å². The van der Waals surface area contributed by atoms with Gasteiger partial charge in [0.25, 0.3) is 5.91 Å². The van der Waals surface area contributed by atoms with E-state index in [0.717, 1.165) is 17.3 Å². The summed E-state index contributed by atoms with van der Waals surface area (Å²) in [6.45, 7) is 0. The van der Waals surface area contributed by atoms with Crippen molar-refractivity contribution in [2.24, 2.45) is 5.73 Å². The topological polar surface area (TPSA) is 101 Å². The van der Waals surface area contributed by atoms with Crippen LogP contribution in [0.25, 0.3) is 0 Å². The molecule has 2 rings (SSSR count). The number of thioether (sulfide) groups is 1. The first-order valence-corrected chi connectivity index (χ1v) is 8.06. The summed E-state index contributed by atoms with van der Waals surface area (Å²) < 4.78 is 31.4. The van der Waals surface area contributed by atoms with Crippen LogP contribution in [-0.4, -0.2) is 34.6 Å². The zero-order valence-electron chi connectivity index (χ0n) is 9.56. The molecule has 6 nitrogen and oxygen atoms in total. The Labute approximate surface area is 119 Å². The van der Waals surface area contributed by atoms with Gasteiger partial charge in [0.15, 0.2) is 0 Å². The molecule has 2 atom stereocenters. The molecule has 1 saturated heterocycles. The van der Waals surface area contributed by atoms with Gasteiger partial charge < -0.3 is 5.73 Å². The van der Waals surface area contributed by atoms with Gasteiger partial charge in [0, 0.05) is 10.8 Å². The van der Waals surface area contributed by atoms with E-state index < -0.39 is 27.6 Å². The average Bonchev–Trinajstić information content (AvgIpc) is 2.33. The highest BCUT2D eigenvalue weighted by Crippen LogP contribution is 2.34. The van der Waals surface area contributed by atoms with Gasteiger partial charge in [-0.3, -0.25) is 9.35 Å². The summed E-state index contributed by atoms with van der Waals surface area (Å²) in [7, 11) is -4.56. The van der Waals surface area contributed by atoms with Crippen molar-refractivity contribution >= 4 is 39.6 Å². The Morgan fingerprint density at radius 1 is 1.42 bits per heavy atom. The molecule has 1 fully saturated rings. The number of carbonyl (C=O) groups excluding carboxylic acids is 1. The zero-order chi connectivity index (χ0) is 14.2. The molecule has 0 aliphatic carbocycles. The van der Waals surface area contributed by atoms with Gasteiger partial charge in [-0.15, -0.1) is 11.8 Å². The molecular formula is C10H11ClN2O4S2. The first-order valence-electron chi connectivity index (χ1n) is 5.23. The molecule has 0 unspecified atom stereocenters. The first kappa shape index (κ1) is 14.6. The van der Waals surface area contributed by atoms with Crippen LogP contribution in [0, 0.1) is 0 Å². The maximum absolute atomic E-state index is 11.3. The third-order valence-corrected chi connectivity index (χ3v) is 5.39. The number of hydrogen-bond donors (Lipinski definition) is 2. The normalized spacial score (nSPS) is 23.3. The molecule has 1 aliphatic heterocycles. The summed E-state index contributed by atoms with van der Waals surface area (Å²) in [6.07, 6.45) is 0. The van der Waals surface area contributed by atoms with Crippen LogP contribution < -0.4 is 5.73 Å². The number of halogens is 1. The number of benzene rings is 1. The van der Waals surface area contributed by atoms with Crippen LogP contribution in [0.15, 0.2) is 24.3 Å². The fourth-order valence-corrected chi connectivity index (χ4v) is 4.36. The summed E-state index contributed by atoms with van der Waals surface area (Å²) in [4.78, 5) is 11.3. The highest BCUT2D eigenvalue weighted by atomic mass is 35.5. The highest BCUT2D eigenvalue weighted by molar-refractivity contribution is 8.00. The van der Waals surface area contributed by atoms with E-state index in [1.165, 1.54) is 0 Å². The van der Waals surface area contributed by atoms with Gasteiger partial charge in [-0.2, -0.15) is 12.7 Å². The molecule has 3 N–H and O–H groups in total. The van der Waals surface area contributed by atoms with Gasteiger partial charge in [0.2, 0.25) is 0 Å². The van der Waals surface area contributed by atoms with Crippen molar-refractivity contribution in [2.45, 2.75) is 17.2 Å². The van der Waals surface area contributed by atoms with Crippen LogP contribution in [0.2, 0.25) is 5.02 Å². The number of nitrogens with zero attached hydrogens (tertiary/aromatic N) is 1. The summed E-state index contributed by atoms with van der Waals surface area (Å²) in [5, 5.41) is -0.258. The predicted molar refractivity (Wildman–Crippen MR) is 72.9 cm³/mol. The van der Waals surface area contributed by atoms with Crippen molar-refractivity contribution in [2.75, 3.05) is 0 Å². The smallest absolute Gasteiger partial charge is 0.317 e. The number of β-lactam (4-membered cyclic amide) rings is 1. The van der Waals surface area contributed by atoms with E-state index in [-0.39, 0.29) is 0 Å². The van der Waals surface area contributed by atoms with Crippen molar-refractivity contribution in [1.29, 1.82) is 0 Å². The van der Waals surface area contributed by atoms with Crippen molar-refractivity contribution < 1.29 is 17.8 Å². The van der Waals surface area contributed by atoms with Crippen molar-refractivity contribution in [1.82, 2.24) is 4.31 Å². The van der Waals surface area contributed by atoms with E-state index in [1.54, 1.807) is 24.3 Å². The van der Waals surface area contributed by atoms with E-state index in [4.69, 9.17) is 21.9 Å². The molecular weight excluding hydrogens is 312 g/mol. The third-order valence-electron chi connectivity index (χ3n) is 2.66. The second-order valence-electron chi connectivity index (χ2n) is 3.93. The zero-order valence-corrected chi connectivity index (χ0v) is 12.0. The quantitative estimate of drug-likeness (QED) is 0.630. The van der Waals surface area contributed by atoms with Gasteiger partial charge in [-0.25, -0.2) is 0 Å². The van der Waals surface area contributed by atoms with Gasteiger partial charge in [-0.1, -0.05) is 29.8 Å². The predicted octanol–water partition coefficient (Wildman–Crippen LogP) is 0.872. The maximum Gasteiger partial charge on any atom is 0.363 e. The van der Waals surface area contributed by atoms with Crippen LogP contribution in [0.3, 0.4) is 0 Å². The maximum atomic E-state index is 11.3. The molecule has 0 aromatic heterocycles. The Morgan fingerprint density at radius 2 is 2.05 bits per heavy atom. The molecule has 0 bridgehead atoms. The monoisotopic (exact) mass is 322 g/mol. The number of hydrogen-bond acceptors (Lipinski definition) is 5. The average molecular weight is 323 g/mol. The summed E-state index contributed by atoms with van der Waals surface area (Å²) in [6, 6.07) is 6.14. The number of nitrogens with two attached hydrogens (primary N) is 1. The van der Waals surface area contributed by atoms with Crippen LogP contribution in [0.1, 0.15) is 5.56 Å². The number of amides is 1. The Hall–Kier alpha value is -0.800. The minimum absolute atomic E-state index is 0.386. The molecule has 104 valence electrons. The van der Waals surface area contributed by atoms with E-state index in [9.17, 15) is 13.2 Å². The van der Waals surface area contributed by atoms with Gasteiger partial charge in [0.1, 0.15) is 11.4 Å². The fraction of sp³-hybridized carbons (Fsp3) is 0.300. The van der Waals surface area contributed by atoms with E-state index >= 15 is 0 Å². The lowest BCUT2D eigenvalue weighted by molar-refractivity contribution is -0.137. The van der Waals surface area contributed by atoms with Gasteiger partial charge in [0.05, 0.1) is 0 Å². The van der Waals surface area contributed by atoms with Crippen molar-refractivity contribution in [3.05, 3.63) is 34.9 Å². The molecule has 9 heteroatoms. The van der Waals surface area contributed by atoms with Gasteiger partial charge in [-0.05, 0) is 11.6 Å². The molecule has 1 aromatic carbocycles. The Bertz CT molecular complexity index is 607. The van der Waals surface area contributed by atoms with Crippen LogP contribution in [0.5, 0.6) is 0 Å². The lowest BCUT2D eigenvalue weighted by atomic mass is 10.2. The lowest BCUT2D eigenvalue weighted by Crippen LogP contribution is -2.68. The summed E-state index contributed by atoms with van der Waals surface area (Å²) in [5.41, 5.74) is 6.34. The molecule has 0 radical (unpaired) electrons. The molecule has 1 amide bonds. The van der Waals surface area contributed by atoms with E-state index in [0.29, 0.717) is 15.1 Å². The molecule has 0 saturated carbocycles. The largest absolute Gasteiger partial charge is 0.363 e. The molecule has 1 aromatic rings. The Morgan fingerprint density at radius 3 is 2.63 bits per heavy atom. The first-order chi connectivity index (χ1) is 8.82. The van der Waals surface area contributed by atoms with E-state index in [1.807, 2.05) is 0 Å². The van der Waals surface area contributed by atoms with Crippen molar-refractivity contribution in [3.63, 3.8) is 0 Å².